The zero-order valence-electron chi connectivity index (χ0n) is 14.3. The molecule has 2 nitrogen and oxygen atoms in total. The van der Waals surface area contributed by atoms with E-state index in [1.54, 1.807) is 6.07 Å². The van der Waals surface area contributed by atoms with E-state index in [9.17, 15) is 4.79 Å². The van der Waals surface area contributed by atoms with Crippen LogP contribution in [0.3, 0.4) is 0 Å². The third-order valence-corrected chi connectivity index (χ3v) is 4.94. The number of benzene rings is 3. The summed E-state index contributed by atoms with van der Waals surface area (Å²) in [7, 11) is 0. The fourth-order valence-electron chi connectivity index (χ4n) is 3.14. The van der Waals surface area contributed by atoms with Gasteiger partial charge in [0.2, 0.25) is 5.43 Å². The molecule has 4 rings (SSSR count). The number of halogens is 2. The lowest BCUT2D eigenvalue weighted by molar-refractivity contribution is 1.06. The highest BCUT2D eigenvalue weighted by Crippen LogP contribution is 2.34. The van der Waals surface area contributed by atoms with Crippen LogP contribution in [-0.4, -0.2) is 4.57 Å². The van der Waals surface area contributed by atoms with Crippen molar-refractivity contribution in [2.75, 3.05) is 0 Å². The van der Waals surface area contributed by atoms with Crippen LogP contribution in [0.15, 0.2) is 95.8 Å². The average Bonchev–Trinajstić information content (AvgIpc) is 2.71. The van der Waals surface area contributed by atoms with Gasteiger partial charge in [-0.05, 0) is 23.8 Å². The molecule has 0 bridgehead atoms. The topological polar surface area (TPSA) is 22.0 Å². The van der Waals surface area contributed by atoms with Crippen molar-refractivity contribution < 1.29 is 0 Å². The Kier molecular flexibility index (Phi) is 4.85. The first-order valence-corrected chi connectivity index (χ1v) is 9.23. The summed E-state index contributed by atoms with van der Waals surface area (Å²) in [5.41, 5.74) is 3.80. The first kappa shape index (κ1) is 17.6. The van der Waals surface area contributed by atoms with Gasteiger partial charge in [-0.2, -0.15) is 0 Å². The van der Waals surface area contributed by atoms with Crippen LogP contribution in [0.2, 0.25) is 10.0 Å². The van der Waals surface area contributed by atoms with Crippen molar-refractivity contribution in [1.82, 2.24) is 4.57 Å². The van der Waals surface area contributed by atoms with E-state index in [-0.39, 0.29) is 10.5 Å². The predicted molar refractivity (Wildman–Crippen MR) is 113 cm³/mol. The van der Waals surface area contributed by atoms with Gasteiger partial charge in [-0.15, -0.1) is 0 Å². The van der Waals surface area contributed by atoms with Crippen molar-refractivity contribution in [3.05, 3.63) is 111 Å². The summed E-state index contributed by atoms with van der Waals surface area (Å²) in [6, 6.07) is 28.5. The van der Waals surface area contributed by atoms with Crippen LogP contribution in [0.4, 0.5) is 0 Å². The van der Waals surface area contributed by atoms with Crippen molar-refractivity contribution >= 4 is 23.2 Å². The maximum absolute atomic E-state index is 12.7. The Morgan fingerprint density at radius 3 is 1.93 bits per heavy atom. The zero-order chi connectivity index (χ0) is 18.8. The Morgan fingerprint density at radius 1 is 0.667 bits per heavy atom. The summed E-state index contributed by atoms with van der Waals surface area (Å²) in [6.07, 6.45) is 0. The Labute approximate surface area is 167 Å². The maximum atomic E-state index is 12.7. The van der Waals surface area contributed by atoms with E-state index < -0.39 is 0 Å². The van der Waals surface area contributed by atoms with Gasteiger partial charge in [0.05, 0.1) is 11.4 Å². The molecule has 132 valence electrons. The lowest BCUT2D eigenvalue weighted by Gasteiger charge is -2.21. The third-order valence-electron chi connectivity index (χ3n) is 4.34. The van der Waals surface area contributed by atoms with Crippen LogP contribution in [0.1, 0.15) is 0 Å². The van der Waals surface area contributed by atoms with Gasteiger partial charge in [0.1, 0.15) is 5.02 Å². The van der Waals surface area contributed by atoms with Crippen molar-refractivity contribution in [2.45, 2.75) is 0 Å². The second kappa shape index (κ2) is 7.43. The van der Waals surface area contributed by atoms with E-state index in [1.165, 1.54) is 0 Å². The highest BCUT2D eigenvalue weighted by Gasteiger charge is 2.18. The molecular formula is C23H15Cl2NO. The minimum atomic E-state index is -0.215. The fourth-order valence-corrected chi connectivity index (χ4v) is 3.58. The van der Waals surface area contributed by atoms with Gasteiger partial charge < -0.3 is 4.57 Å². The number of hydrogen-bond donors (Lipinski definition) is 0. The van der Waals surface area contributed by atoms with Crippen molar-refractivity contribution in [3.8, 4) is 28.2 Å². The highest BCUT2D eigenvalue weighted by molar-refractivity contribution is 6.33. The molecule has 0 fully saturated rings. The molecule has 0 atom stereocenters. The SMILES string of the molecule is O=c1cc(-c2ccccc2)n(-c2cccc(Cl)c2)c(-c2ccccc2)c1Cl. The summed E-state index contributed by atoms with van der Waals surface area (Å²) in [6.45, 7) is 0. The summed E-state index contributed by atoms with van der Waals surface area (Å²) in [5.74, 6) is 0. The van der Waals surface area contributed by atoms with Gasteiger partial charge in [0, 0.05) is 22.3 Å². The minimum Gasteiger partial charge on any atom is -0.307 e. The molecule has 3 aromatic carbocycles. The van der Waals surface area contributed by atoms with Crippen LogP contribution in [0.5, 0.6) is 0 Å². The molecule has 0 saturated heterocycles. The quantitative estimate of drug-likeness (QED) is 0.391. The lowest BCUT2D eigenvalue weighted by atomic mass is 10.1. The van der Waals surface area contributed by atoms with Crippen molar-refractivity contribution in [3.63, 3.8) is 0 Å². The molecule has 4 aromatic rings. The van der Waals surface area contributed by atoms with Crippen LogP contribution >= 0.6 is 23.2 Å². The van der Waals surface area contributed by atoms with Crippen LogP contribution in [0, 0.1) is 0 Å². The van der Waals surface area contributed by atoms with Gasteiger partial charge in [0.15, 0.2) is 0 Å². The summed E-state index contributed by atoms with van der Waals surface area (Å²) in [5, 5.41) is 0.793. The normalized spacial score (nSPS) is 10.7. The van der Waals surface area contributed by atoms with Crippen LogP contribution in [0.25, 0.3) is 28.2 Å². The molecule has 4 heteroatoms. The monoisotopic (exact) mass is 391 g/mol. The zero-order valence-corrected chi connectivity index (χ0v) is 15.8. The van der Waals surface area contributed by atoms with Crippen LogP contribution in [-0.2, 0) is 0 Å². The first-order chi connectivity index (χ1) is 13.1. The smallest absolute Gasteiger partial charge is 0.201 e. The van der Waals surface area contributed by atoms with Crippen LogP contribution < -0.4 is 5.43 Å². The molecule has 0 aliphatic rings. The molecule has 0 aliphatic carbocycles. The molecule has 0 saturated carbocycles. The molecule has 27 heavy (non-hydrogen) atoms. The minimum absolute atomic E-state index is 0.181. The van der Waals surface area contributed by atoms with Gasteiger partial charge in [-0.3, -0.25) is 4.79 Å². The summed E-state index contributed by atoms with van der Waals surface area (Å²) >= 11 is 12.8. The van der Waals surface area contributed by atoms with Gasteiger partial charge in [-0.25, -0.2) is 0 Å². The second-order valence-corrected chi connectivity index (χ2v) is 6.92. The molecular weight excluding hydrogens is 377 g/mol. The van der Waals surface area contributed by atoms with Gasteiger partial charge >= 0.3 is 0 Å². The molecule has 0 radical (unpaired) electrons. The lowest BCUT2D eigenvalue weighted by Crippen LogP contribution is -2.13. The number of hydrogen-bond acceptors (Lipinski definition) is 1. The third kappa shape index (κ3) is 3.42. The van der Waals surface area contributed by atoms with E-state index in [1.807, 2.05) is 89.5 Å². The number of pyridine rings is 1. The van der Waals surface area contributed by atoms with E-state index in [2.05, 4.69) is 0 Å². The highest BCUT2D eigenvalue weighted by atomic mass is 35.5. The van der Waals surface area contributed by atoms with Crippen molar-refractivity contribution in [2.24, 2.45) is 0 Å². The molecule has 0 aliphatic heterocycles. The number of rotatable bonds is 3. The van der Waals surface area contributed by atoms with Crippen molar-refractivity contribution in [1.29, 1.82) is 0 Å². The Hall–Kier alpha value is -2.81. The Balaban J connectivity index is 2.15. The largest absolute Gasteiger partial charge is 0.307 e. The summed E-state index contributed by atoms with van der Waals surface area (Å²) in [4.78, 5) is 12.7. The van der Waals surface area contributed by atoms with Gasteiger partial charge in [-0.1, -0.05) is 89.9 Å². The molecule has 0 N–H and O–H groups in total. The average molecular weight is 392 g/mol. The van der Waals surface area contributed by atoms with E-state index in [4.69, 9.17) is 23.2 Å². The second-order valence-electron chi connectivity index (χ2n) is 6.10. The molecule has 0 unspecified atom stereocenters. The number of nitrogens with zero attached hydrogens (tertiary/aromatic N) is 1. The van der Waals surface area contributed by atoms with E-state index in [0.717, 1.165) is 22.5 Å². The van der Waals surface area contributed by atoms with Gasteiger partial charge in [0.25, 0.3) is 0 Å². The van der Waals surface area contributed by atoms with E-state index in [0.29, 0.717) is 10.7 Å². The molecule has 0 spiro atoms. The summed E-state index contributed by atoms with van der Waals surface area (Å²) < 4.78 is 1.99. The maximum Gasteiger partial charge on any atom is 0.201 e. The first-order valence-electron chi connectivity index (χ1n) is 8.47. The number of aromatic nitrogens is 1. The standard InChI is InChI=1S/C23H15Cl2NO/c24-18-12-7-13-19(14-18)26-20(16-8-3-1-4-9-16)15-21(27)22(25)23(26)17-10-5-2-6-11-17/h1-15H. The van der Waals surface area contributed by atoms with E-state index >= 15 is 0 Å². The predicted octanol–water partition coefficient (Wildman–Crippen LogP) is 6.48. The molecule has 1 heterocycles. The Bertz CT molecular complexity index is 1150. The Morgan fingerprint density at radius 2 is 1.30 bits per heavy atom. The molecule has 0 amide bonds. The fraction of sp³-hybridized carbons (Fsp3) is 0. The molecule has 1 aromatic heterocycles.